The molecule has 0 fully saturated rings. The van der Waals surface area contributed by atoms with Crippen LogP contribution in [0, 0.1) is 0 Å². The summed E-state index contributed by atoms with van der Waals surface area (Å²) in [6.07, 6.45) is 2.82. The molecule has 5 nitrogen and oxygen atoms in total. The van der Waals surface area contributed by atoms with E-state index in [9.17, 15) is 8.42 Å². The SMILES string of the molecule is CC(C)(CNc1ncc(Br)cc1N)S(C)(=O)=O. The molecule has 0 atom stereocenters. The number of sulfone groups is 1. The van der Waals surface area contributed by atoms with Gasteiger partial charge in [0.25, 0.3) is 0 Å². The van der Waals surface area contributed by atoms with Crippen molar-refractivity contribution in [2.75, 3.05) is 23.9 Å². The number of rotatable bonds is 4. The van der Waals surface area contributed by atoms with Gasteiger partial charge in [-0.25, -0.2) is 13.4 Å². The Morgan fingerprint density at radius 1 is 1.53 bits per heavy atom. The number of aromatic nitrogens is 1. The molecule has 17 heavy (non-hydrogen) atoms. The minimum absolute atomic E-state index is 0.255. The number of hydrogen-bond acceptors (Lipinski definition) is 5. The van der Waals surface area contributed by atoms with Crippen LogP contribution in [0.4, 0.5) is 11.5 Å². The number of nitrogens with one attached hydrogen (secondary N) is 1. The van der Waals surface area contributed by atoms with Crippen LogP contribution in [0.3, 0.4) is 0 Å². The van der Waals surface area contributed by atoms with Crippen LogP contribution in [0.25, 0.3) is 0 Å². The lowest BCUT2D eigenvalue weighted by molar-refractivity contribution is 0.559. The monoisotopic (exact) mass is 321 g/mol. The van der Waals surface area contributed by atoms with Crippen molar-refractivity contribution in [3.8, 4) is 0 Å². The number of nitrogens with zero attached hydrogens (tertiary/aromatic N) is 1. The van der Waals surface area contributed by atoms with Crippen LogP contribution in [0.5, 0.6) is 0 Å². The maximum atomic E-state index is 11.5. The van der Waals surface area contributed by atoms with E-state index in [0.717, 1.165) is 4.47 Å². The molecule has 0 aliphatic carbocycles. The number of pyridine rings is 1. The first-order valence-corrected chi connectivity index (χ1v) is 7.66. The van der Waals surface area contributed by atoms with Gasteiger partial charge < -0.3 is 11.1 Å². The molecule has 1 heterocycles. The molecule has 96 valence electrons. The van der Waals surface area contributed by atoms with Gasteiger partial charge in [-0.15, -0.1) is 0 Å². The molecule has 0 spiro atoms. The zero-order chi connectivity index (χ0) is 13.3. The minimum Gasteiger partial charge on any atom is -0.396 e. The Kier molecular flexibility index (Phi) is 4.03. The molecule has 1 rings (SSSR count). The highest BCUT2D eigenvalue weighted by atomic mass is 79.9. The lowest BCUT2D eigenvalue weighted by Crippen LogP contribution is -2.38. The van der Waals surface area contributed by atoms with Crippen molar-refractivity contribution in [3.05, 3.63) is 16.7 Å². The molecule has 0 aromatic carbocycles. The standard InChI is InChI=1S/C10H16BrN3O2S/c1-10(2,17(3,15)16)6-14-9-8(12)4-7(11)5-13-9/h4-5H,6,12H2,1-3H3,(H,13,14). The molecular weight excluding hydrogens is 306 g/mol. The van der Waals surface area contributed by atoms with E-state index in [1.54, 1.807) is 26.1 Å². The molecule has 0 aliphatic rings. The average molecular weight is 322 g/mol. The Hall–Kier alpha value is -0.820. The molecular formula is C10H16BrN3O2S. The first-order chi connectivity index (χ1) is 7.63. The normalized spacial score (nSPS) is 12.5. The molecule has 3 N–H and O–H groups in total. The van der Waals surface area contributed by atoms with E-state index in [0.29, 0.717) is 11.5 Å². The second-order valence-electron chi connectivity index (χ2n) is 4.48. The molecule has 0 saturated carbocycles. The highest BCUT2D eigenvalue weighted by molar-refractivity contribution is 9.10. The van der Waals surface area contributed by atoms with Crippen molar-refractivity contribution in [2.45, 2.75) is 18.6 Å². The van der Waals surface area contributed by atoms with Crippen LogP contribution in [-0.2, 0) is 9.84 Å². The molecule has 0 bridgehead atoms. The molecule has 0 unspecified atom stereocenters. The maximum Gasteiger partial charge on any atom is 0.154 e. The summed E-state index contributed by atoms with van der Waals surface area (Å²) in [5.74, 6) is 0.491. The third-order valence-corrected chi connectivity index (χ3v) is 5.15. The minimum atomic E-state index is -3.13. The van der Waals surface area contributed by atoms with Gasteiger partial charge in [0.2, 0.25) is 0 Å². The molecule has 0 saturated heterocycles. The van der Waals surface area contributed by atoms with Gasteiger partial charge in [0, 0.05) is 23.5 Å². The third-order valence-electron chi connectivity index (χ3n) is 2.57. The fourth-order valence-electron chi connectivity index (χ4n) is 1.03. The number of nitrogen functional groups attached to an aromatic ring is 1. The van der Waals surface area contributed by atoms with Gasteiger partial charge in [0.15, 0.2) is 9.84 Å². The average Bonchev–Trinajstić information content (AvgIpc) is 2.14. The van der Waals surface area contributed by atoms with Crippen LogP contribution in [0.2, 0.25) is 0 Å². The van der Waals surface area contributed by atoms with Crippen LogP contribution < -0.4 is 11.1 Å². The van der Waals surface area contributed by atoms with E-state index in [2.05, 4.69) is 26.2 Å². The zero-order valence-electron chi connectivity index (χ0n) is 9.99. The summed E-state index contributed by atoms with van der Waals surface area (Å²) in [5.41, 5.74) is 6.23. The number of halogens is 1. The van der Waals surface area contributed by atoms with Crippen molar-refractivity contribution < 1.29 is 8.42 Å². The molecule has 0 radical (unpaired) electrons. The van der Waals surface area contributed by atoms with Gasteiger partial charge in [-0.05, 0) is 35.8 Å². The van der Waals surface area contributed by atoms with E-state index < -0.39 is 14.6 Å². The zero-order valence-corrected chi connectivity index (χ0v) is 12.4. The fourth-order valence-corrected chi connectivity index (χ4v) is 1.71. The highest BCUT2D eigenvalue weighted by Gasteiger charge is 2.30. The quantitative estimate of drug-likeness (QED) is 0.881. The molecule has 1 aromatic heterocycles. The highest BCUT2D eigenvalue weighted by Crippen LogP contribution is 2.22. The van der Waals surface area contributed by atoms with E-state index in [-0.39, 0.29) is 6.54 Å². The van der Waals surface area contributed by atoms with Gasteiger partial charge in [-0.3, -0.25) is 0 Å². The maximum absolute atomic E-state index is 11.5. The largest absolute Gasteiger partial charge is 0.396 e. The van der Waals surface area contributed by atoms with Crippen molar-refractivity contribution in [2.24, 2.45) is 0 Å². The van der Waals surface area contributed by atoms with Crippen molar-refractivity contribution >= 4 is 37.3 Å². The Bertz CT molecular complexity index is 514. The number of hydrogen-bond donors (Lipinski definition) is 2. The smallest absolute Gasteiger partial charge is 0.154 e. The summed E-state index contributed by atoms with van der Waals surface area (Å²) >= 11 is 3.25. The summed E-state index contributed by atoms with van der Waals surface area (Å²) in [4.78, 5) is 4.09. The lowest BCUT2D eigenvalue weighted by Gasteiger charge is -2.23. The lowest BCUT2D eigenvalue weighted by atomic mass is 10.2. The first-order valence-electron chi connectivity index (χ1n) is 4.98. The second-order valence-corrected chi connectivity index (χ2v) is 8.04. The predicted molar refractivity (Wildman–Crippen MR) is 73.8 cm³/mol. The van der Waals surface area contributed by atoms with Crippen LogP contribution >= 0.6 is 15.9 Å². The number of anilines is 2. The predicted octanol–water partition coefficient (Wildman–Crippen LogP) is 1.66. The van der Waals surface area contributed by atoms with Gasteiger partial charge in [0.05, 0.1) is 10.4 Å². The van der Waals surface area contributed by atoms with Gasteiger partial charge >= 0.3 is 0 Å². The first kappa shape index (κ1) is 14.2. The van der Waals surface area contributed by atoms with Crippen LogP contribution in [0.1, 0.15) is 13.8 Å². The van der Waals surface area contributed by atoms with E-state index in [4.69, 9.17) is 5.73 Å². The summed E-state index contributed by atoms with van der Waals surface area (Å²) in [6.45, 7) is 3.57. The molecule has 1 aromatic rings. The summed E-state index contributed by atoms with van der Waals surface area (Å²) in [7, 11) is -3.13. The van der Waals surface area contributed by atoms with E-state index >= 15 is 0 Å². The van der Waals surface area contributed by atoms with Gasteiger partial charge in [-0.1, -0.05) is 0 Å². The Morgan fingerprint density at radius 3 is 2.59 bits per heavy atom. The topological polar surface area (TPSA) is 85.1 Å². The van der Waals surface area contributed by atoms with Gasteiger partial charge in [0.1, 0.15) is 5.82 Å². The molecule has 0 amide bonds. The Labute approximate surface area is 110 Å². The third kappa shape index (κ3) is 3.57. The Morgan fingerprint density at radius 2 is 2.12 bits per heavy atom. The van der Waals surface area contributed by atoms with E-state index in [1.807, 2.05) is 0 Å². The summed E-state index contributed by atoms with van der Waals surface area (Å²) in [6, 6.07) is 1.71. The van der Waals surface area contributed by atoms with Crippen molar-refractivity contribution in [3.63, 3.8) is 0 Å². The number of nitrogens with two attached hydrogens (primary N) is 1. The molecule has 7 heteroatoms. The summed E-state index contributed by atoms with van der Waals surface area (Å²) < 4.78 is 22.9. The molecule has 0 aliphatic heterocycles. The fraction of sp³-hybridized carbons (Fsp3) is 0.500. The summed E-state index contributed by atoms with van der Waals surface area (Å²) in [5, 5.41) is 2.95. The van der Waals surface area contributed by atoms with Crippen molar-refractivity contribution in [1.29, 1.82) is 0 Å². The Balaban J connectivity index is 2.81. The second kappa shape index (κ2) is 4.81. The van der Waals surface area contributed by atoms with Gasteiger partial charge in [-0.2, -0.15) is 0 Å². The van der Waals surface area contributed by atoms with Crippen molar-refractivity contribution in [1.82, 2.24) is 4.98 Å². The van der Waals surface area contributed by atoms with Crippen LogP contribution in [0.15, 0.2) is 16.7 Å². The van der Waals surface area contributed by atoms with E-state index in [1.165, 1.54) is 6.26 Å². The van der Waals surface area contributed by atoms with Crippen LogP contribution in [-0.4, -0.2) is 30.9 Å².